The van der Waals surface area contributed by atoms with Crippen LogP contribution in [-0.4, -0.2) is 45.6 Å². The first-order valence-electron chi connectivity index (χ1n) is 10.5. The van der Waals surface area contributed by atoms with Crippen LogP contribution < -0.4 is 5.32 Å². The fourth-order valence-electron chi connectivity index (χ4n) is 4.65. The molecule has 2 aliphatic heterocycles. The number of benzene rings is 1. The Bertz CT molecular complexity index is 1310. The van der Waals surface area contributed by atoms with Crippen molar-refractivity contribution in [1.82, 2.24) is 25.3 Å². The van der Waals surface area contributed by atoms with Gasteiger partial charge in [-0.2, -0.15) is 0 Å². The number of H-pyrrole nitrogens is 1. The lowest BCUT2D eigenvalue weighted by Gasteiger charge is -2.40. The zero-order valence-electron chi connectivity index (χ0n) is 16.9. The van der Waals surface area contributed by atoms with E-state index in [2.05, 4.69) is 20.3 Å². The average Bonchev–Trinajstić information content (AvgIpc) is 3.30. The number of carbonyl (C=O) groups excluding carboxylic acids is 1. The summed E-state index contributed by atoms with van der Waals surface area (Å²) in [6, 6.07) is 13.8. The number of fused-ring (bicyclic) bond motifs is 3. The number of rotatable bonds is 2. The predicted octanol–water partition coefficient (Wildman–Crippen LogP) is 3.48. The van der Waals surface area contributed by atoms with Crippen molar-refractivity contribution < 1.29 is 9.53 Å². The quantitative estimate of drug-likeness (QED) is 0.527. The Morgan fingerprint density at radius 3 is 2.81 bits per heavy atom. The van der Waals surface area contributed by atoms with Crippen molar-refractivity contribution in [3.8, 4) is 22.8 Å². The molecular formula is C24H21N5O2. The van der Waals surface area contributed by atoms with Gasteiger partial charge in [-0.3, -0.25) is 9.78 Å². The molecule has 31 heavy (non-hydrogen) atoms. The summed E-state index contributed by atoms with van der Waals surface area (Å²) in [4.78, 5) is 29.9. The fraction of sp³-hybridized carbons (Fsp3) is 0.250. The predicted molar refractivity (Wildman–Crippen MR) is 117 cm³/mol. The van der Waals surface area contributed by atoms with Gasteiger partial charge < -0.3 is 15.0 Å². The molecule has 1 aromatic carbocycles. The molecule has 6 rings (SSSR count). The topological polar surface area (TPSA) is 92.8 Å². The Morgan fingerprint density at radius 1 is 1.03 bits per heavy atom. The van der Waals surface area contributed by atoms with Gasteiger partial charge in [-0.25, -0.2) is 9.97 Å². The average molecular weight is 411 g/mol. The molecule has 2 N–H and O–H groups in total. The SMILES string of the molecule is O=C1NCC2(CCOCC2)c2[nH]c(-c3ccnc(-c4cnc5ccccc5c4)n3)cc21. The molecule has 0 saturated carbocycles. The first-order chi connectivity index (χ1) is 15.2. The zero-order chi connectivity index (χ0) is 20.8. The number of hydrogen-bond acceptors (Lipinski definition) is 5. The van der Waals surface area contributed by atoms with Crippen LogP contribution in [-0.2, 0) is 10.2 Å². The van der Waals surface area contributed by atoms with E-state index in [0.29, 0.717) is 31.1 Å². The summed E-state index contributed by atoms with van der Waals surface area (Å²) in [7, 11) is 0. The molecule has 7 heteroatoms. The second-order valence-corrected chi connectivity index (χ2v) is 8.23. The number of ether oxygens (including phenoxy) is 1. The van der Waals surface area contributed by atoms with Crippen LogP contribution >= 0.6 is 0 Å². The lowest BCUT2D eigenvalue weighted by molar-refractivity contribution is 0.0442. The van der Waals surface area contributed by atoms with Crippen molar-refractivity contribution in [3.63, 3.8) is 0 Å². The van der Waals surface area contributed by atoms with Crippen LogP contribution in [0.5, 0.6) is 0 Å². The summed E-state index contributed by atoms with van der Waals surface area (Å²) in [6.07, 6.45) is 5.32. The molecule has 1 spiro atoms. The van der Waals surface area contributed by atoms with Gasteiger partial charge in [0.2, 0.25) is 0 Å². The number of nitrogens with zero attached hydrogens (tertiary/aromatic N) is 3. The van der Waals surface area contributed by atoms with E-state index < -0.39 is 0 Å². The number of carbonyl (C=O) groups is 1. The van der Waals surface area contributed by atoms with Crippen LogP contribution in [0.4, 0.5) is 0 Å². The summed E-state index contributed by atoms with van der Waals surface area (Å²) in [6.45, 7) is 2.05. The number of nitrogens with one attached hydrogen (secondary N) is 2. The Morgan fingerprint density at radius 2 is 1.90 bits per heavy atom. The molecule has 0 unspecified atom stereocenters. The van der Waals surface area contributed by atoms with Crippen LogP contribution in [0, 0.1) is 0 Å². The van der Waals surface area contributed by atoms with E-state index in [-0.39, 0.29) is 11.3 Å². The molecule has 154 valence electrons. The highest BCUT2D eigenvalue weighted by Gasteiger charge is 2.42. The van der Waals surface area contributed by atoms with Crippen LogP contribution in [0.3, 0.4) is 0 Å². The van der Waals surface area contributed by atoms with E-state index in [4.69, 9.17) is 9.72 Å². The van der Waals surface area contributed by atoms with Crippen molar-refractivity contribution >= 4 is 16.8 Å². The number of amides is 1. The van der Waals surface area contributed by atoms with Crippen molar-refractivity contribution in [2.45, 2.75) is 18.3 Å². The van der Waals surface area contributed by atoms with Crippen LogP contribution in [0.25, 0.3) is 33.7 Å². The Kier molecular flexibility index (Phi) is 4.11. The first-order valence-corrected chi connectivity index (χ1v) is 10.5. The second-order valence-electron chi connectivity index (χ2n) is 8.23. The third-order valence-electron chi connectivity index (χ3n) is 6.41. The number of hydrogen-bond donors (Lipinski definition) is 2. The normalized spacial score (nSPS) is 17.5. The number of pyridine rings is 1. The van der Waals surface area contributed by atoms with E-state index in [1.165, 1.54) is 0 Å². The molecule has 0 atom stereocenters. The first kappa shape index (κ1) is 18.2. The third-order valence-corrected chi connectivity index (χ3v) is 6.41. The highest BCUT2D eigenvalue weighted by Crippen LogP contribution is 2.39. The molecule has 1 saturated heterocycles. The Labute approximate surface area is 178 Å². The Hall–Kier alpha value is -3.58. The third kappa shape index (κ3) is 3.00. The van der Waals surface area contributed by atoms with E-state index in [0.717, 1.165) is 46.4 Å². The van der Waals surface area contributed by atoms with Gasteiger partial charge in [-0.15, -0.1) is 0 Å². The maximum absolute atomic E-state index is 12.6. The summed E-state index contributed by atoms with van der Waals surface area (Å²) in [5.74, 6) is 0.566. The highest BCUT2D eigenvalue weighted by molar-refractivity contribution is 5.98. The number of aromatic amines is 1. The van der Waals surface area contributed by atoms with E-state index in [1.54, 1.807) is 12.4 Å². The molecule has 2 aliphatic rings. The molecule has 1 amide bonds. The van der Waals surface area contributed by atoms with Gasteiger partial charge >= 0.3 is 0 Å². The molecule has 0 aliphatic carbocycles. The standard InChI is InChI=1S/C24H21N5O2/c30-23-17-12-20(28-21(17)24(14-27-23)6-9-31-10-7-24)19-5-8-25-22(29-19)16-11-15-3-1-2-4-18(15)26-13-16/h1-5,8,11-13,28H,6-7,9-10,14H2,(H,27,30). The summed E-state index contributed by atoms with van der Waals surface area (Å²) in [5.41, 5.74) is 4.98. The van der Waals surface area contributed by atoms with E-state index >= 15 is 0 Å². The fourth-order valence-corrected chi connectivity index (χ4v) is 4.65. The molecule has 0 radical (unpaired) electrons. The van der Waals surface area contributed by atoms with Gasteiger partial charge in [0, 0.05) is 54.2 Å². The van der Waals surface area contributed by atoms with E-state index in [9.17, 15) is 4.79 Å². The maximum Gasteiger partial charge on any atom is 0.253 e. The number of para-hydroxylation sites is 1. The van der Waals surface area contributed by atoms with Crippen molar-refractivity contribution in [3.05, 3.63) is 66.1 Å². The Balaban J connectivity index is 1.42. The maximum atomic E-state index is 12.6. The zero-order valence-corrected chi connectivity index (χ0v) is 16.9. The smallest absolute Gasteiger partial charge is 0.253 e. The molecule has 3 aromatic heterocycles. The van der Waals surface area contributed by atoms with Gasteiger partial charge in [0.05, 0.1) is 22.5 Å². The van der Waals surface area contributed by atoms with Gasteiger partial charge in [0.1, 0.15) is 0 Å². The summed E-state index contributed by atoms with van der Waals surface area (Å²) in [5, 5.41) is 4.11. The van der Waals surface area contributed by atoms with Gasteiger partial charge in [-0.05, 0) is 37.1 Å². The minimum atomic E-state index is -0.0993. The highest BCUT2D eigenvalue weighted by atomic mass is 16.5. The molecule has 1 fully saturated rings. The van der Waals surface area contributed by atoms with Crippen LogP contribution in [0.15, 0.2) is 54.9 Å². The summed E-state index contributed by atoms with van der Waals surface area (Å²) < 4.78 is 5.57. The summed E-state index contributed by atoms with van der Waals surface area (Å²) >= 11 is 0. The van der Waals surface area contributed by atoms with E-state index in [1.807, 2.05) is 42.5 Å². The van der Waals surface area contributed by atoms with Gasteiger partial charge in [0.25, 0.3) is 5.91 Å². The van der Waals surface area contributed by atoms with Crippen molar-refractivity contribution in [2.24, 2.45) is 0 Å². The lowest BCUT2D eigenvalue weighted by atomic mass is 9.74. The van der Waals surface area contributed by atoms with Crippen LogP contribution in [0.1, 0.15) is 28.9 Å². The van der Waals surface area contributed by atoms with Gasteiger partial charge in [0.15, 0.2) is 5.82 Å². The van der Waals surface area contributed by atoms with Crippen molar-refractivity contribution in [1.29, 1.82) is 0 Å². The van der Waals surface area contributed by atoms with Crippen LogP contribution in [0.2, 0.25) is 0 Å². The van der Waals surface area contributed by atoms with Gasteiger partial charge in [-0.1, -0.05) is 18.2 Å². The number of aromatic nitrogens is 4. The minimum Gasteiger partial charge on any atom is -0.381 e. The molecule has 0 bridgehead atoms. The minimum absolute atomic E-state index is 0.0392. The monoisotopic (exact) mass is 411 g/mol. The molecule has 7 nitrogen and oxygen atoms in total. The molecule has 5 heterocycles. The second kappa shape index (κ2) is 6.99. The molecule has 4 aromatic rings. The molecular weight excluding hydrogens is 390 g/mol. The largest absolute Gasteiger partial charge is 0.381 e. The van der Waals surface area contributed by atoms with Crippen molar-refractivity contribution in [2.75, 3.05) is 19.8 Å². The lowest BCUT2D eigenvalue weighted by Crippen LogP contribution is -2.49.